The molecule has 0 aliphatic heterocycles. The molecule has 1 aromatic rings. The Morgan fingerprint density at radius 3 is 1.57 bits per heavy atom. The fourth-order valence-electron chi connectivity index (χ4n) is 1.36. The highest BCUT2D eigenvalue weighted by Crippen LogP contribution is 2.24. The van der Waals surface area contributed by atoms with E-state index in [1.54, 1.807) is 14.2 Å². The zero-order valence-electron chi connectivity index (χ0n) is 15.6. The minimum Gasteiger partial charge on any atom is -0.354 e. The summed E-state index contributed by atoms with van der Waals surface area (Å²) in [6.07, 6.45) is 2.42. The van der Waals surface area contributed by atoms with Crippen LogP contribution in [0, 0.1) is 5.41 Å². The Labute approximate surface area is 132 Å². The Bertz CT molecular complexity index is 323. The van der Waals surface area contributed by atoms with Gasteiger partial charge in [-0.25, -0.2) is 0 Å². The predicted octanol–water partition coefficient (Wildman–Crippen LogP) is 5.71. The molecule has 0 radical (unpaired) electrons. The van der Waals surface area contributed by atoms with Crippen molar-refractivity contribution < 1.29 is 9.47 Å². The summed E-state index contributed by atoms with van der Waals surface area (Å²) in [7, 11) is 3.23. The molecule has 0 aliphatic carbocycles. The van der Waals surface area contributed by atoms with Gasteiger partial charge in [0.1, 0.15) is 0 Å². The zero-order valence-corrected chi connectivity index (χ0v) is 15.6. The molecule has 0 fully saturated rings. The first kappa shape index (κ1) is 22.4. The molecule has 0 atom stereocenters. The van der Waals surface area contributed by atoms with Gasteiger partial charge in [0, 0.05) is 14.2 Å². The molecule has 2 nitrogen and oxygen atoms in total. The molecular formula is C19H36O2. The highest BCUT2D eigenvalue weighted by molar-refractivity contribution is 5.15. The van der Waals surface area contributed by atoms with E-state index in [9.17, 15) is 0 Å². The molecule has 124 valence electrons. The molecule has 0 aromatic heterocycles. The van der Waals surface area contributed by atoms with Crippen molar-refractivity contribution in [3.8, 4) is 0 Å². The monoisotopic (exact) mass is 296 g/mol. The fourth-order valence-corrected chi connectivity index (χ4v) is 1.36. The van der Waals surface area contributed by atoms with E-state index >= 15 is 0 Å². The number of benzene rings is 1. The molecule has 21 heavy (non-hydrogen) atoms. The summed E-state index contributed by atoms with van der Waals surface area (Å²) in [6.45, 7) is 14.6. The van der Waals surface area contributed by atoms with Crippen LogP contribution in [0.2, 0.25) is 0 Å². The number of rotatable bonds is 5. The van der Waals surface area contributed by atoms with E-state index < -0.39 is 5.79 Å². The minimum atomic E-state index is -0.417. The van der Waals surface area contributed by atoms with Crippen LogP contribution in [0.1, 0.15) is 60.5 Å². The number of hydrogen-bond donors (Lipinski definition) is 0. The largest absolute Gasteiger partial charge is 0.354 e. The van der Waals surface area contributed by atoms with Gasteiger partial charge in [-0.05, 0) is 31.2 Å². The second-order valence-electron chi connectivity index (χ2n) is 5.99. The van der Waals surface area contributed by atoms with Crippen molar-refractivity contribution in [2.45, 2.75) is 67.1 Å². The minimum absolute atomic E-state index is 0.417. The molecule has 2 heteroatoms. The van der Waals surface area contributed by atoms with Gasteiger partial charge in [-0.2, -0.15) is 0 Å². The van der Waals surface area contributed by atoms with Gasteiger partial charge in [-0.3, -0.25) is 0 Å². The normalized spacial score (nSPS) is 10.9. The van der Waals surface area contributed by atoms with Crippen molar-refractivity contribution in [1.82, 2.24) is 0 Å². The van der Waals surface area contributed by atoms with Crippen molar-refractivity contribution in [3.63, 3.8) is 0 Å². The third kappa shape index (κ3) is 12.6. The van der Waals surface area contributed by atoms with Gasteiger partial charge in [0.15, 0.2) is 5.79 Å². The second kappa shape index (κ2) is 11.8. The van der Waals surface area contributed by atoms with E-state index in [-0.39, 0.29) is 0 Å². The highest BCUT2D eigenvalue weighted by Gasteiger charge is 2.14. The maximum Gasteiger partial charge on any atom is 0.161 e. The Balaban J connectivity index is 0. The molecule has 0 spiro atoms. The zero-order chi connectivity index (χ0) is 16.9. The van der Waals surface area contributed by atoms with Crippen LogP contribution in [0.4, 0.5) is 0 Å². The molecule has 0 saturated heterocycles. The lowest BCUT2D eigenvalue weighted by molar-refractivity contribution is -0.178. The lowest BCUT2D eigenvalue weighted by Gasteiger charge is -2.22. The summed E-state index contributed by atoms with van der Waals surface area (Å²) < 4.78 is 9.73. The number of ether oxygens (including phenoxy) is 2. The molecule has 0 N–H and O–H groups in total. The van der Waals surface area contributed by atoms with Gasteiger partial charge in [0.2, 0.25) is 0 Å². The van der Waals surface area contributed by atoms with E-state index in [0.717, 1.165) is 0 Å². The van der Waals surface area contributed by atoms with Crippen LogP contribution in [0.5, 0.6) is 0 Å². The smallest absolute Gasteiger partial charge is 0.161 e. The summed E-state index contributed by atoms with van der Waals surface area (Å²) in [4.78, 5) is 0. The number of hydrogen-bond acceptors (Lipinski definition) is 2. The Kier molecular flexibility index (Phi) is 12.6. The van der Waals surface area contributed by atoms with Crippen molar-refractivity contribution in [2.75, 3.05) is 14.2 Å². The molecule has 0 amide bonds. The molecule has 1 aromatic carbocycles. The number of methoxy groups -OCH3 is 2. The molecule has 0 unspecified atom stereocenters. The summed E-state index contributed by atoms with van der Waals surface area (Å²) in [5.41, 5.74) is 1.89. The van der Waals surface area contributed by atoms with Crippen molar-refractivity contribution in [1.29, 1.82) is 0 Å². The van der Waals surface area contributed by atoms with Crippen LogP contribution in [0.25, 0.3) is 0 Å². The Hall–Kier alpha value is -0.860. The average molecular weight is 296 g/mol. The third-order valence-electron chi connectivity index (χ3n) is 3.47. The van der Waals surface area contributed by atoms with Crippen molar-refractivity contribution in [2.24, 2.45) is 5.41 Å². The van der Waals surface area contributed by atoms with Gasteiger partial charge < -0.3 is 9.47 Å². The van der Waals surface area contributed by atoms with Gasteiger partial charge in [-0.1, -0.05) is 71.4 Å². The van der Waals surface area contributed by atoms with Gasteiger partial charge >= 0.3 is 0 Å². The van der Waals surface area contributed by atoms with Crippen LogP contribution >= 0.6 is 0 Å². The molecule has 0 heterocycles. The third-order valence-corrected chi connectivity index (χ3v) is 3.47. The fraction of sp³-hybridized carbons (Fsp3) is 0.684. The summed E-state index contributed by atoms with van der Waals surface area (Å²) in [6, 6.07) is 10.7. The van der Waals surface area contributed by atoms with Crippen molar-refractivity contribution >= 4 is 0 Å². The van der Waals surface area contributed by atoms with E-state index in [0.29, 0.717) is 5.41 Å². The summed E-state index contributed by atoms with van der Waals surface area (Å²) >= 11 is 0. The molecule has 1 rings (SSSR count). The standard InChI is InChI=1S/C12H18.C5H12O2.C2H6/c1-4-12(2,3)10-11-8-6-5-7-9-11;1-5(2,6-3)7-4;1-2/h5-9H,4,10H2,1-3H3;1-4H3;1-2H3. The highest BCUT2D eigenvalue weighted by atomic mass is 16.7. The first-order valence-corrected chi connectivity index (χ1v) is 7.90. The lowest BCUT2D eigenvalue weighted by Crippen LogP contribution is -2.24. The van der Waals surface area contributed by atoms with Crippen LogP contribution in [0.3, 0.4) is 0 Å². The van der Waals surface area contributed by atoms with Gasteiger partial charge in [0.25, 0.3) is 0 Å². The second-order valence-corrected chi connectivity index (χ2v) is 5.99. The maximum atomic E-state index is 4.86. The van der Waals surface area contributed by atoms with Gasteiger partial charge in [-0.15, -0.1) is 0 Å². The van der Waals surface area contributed by atoms with E-state index in [4.69, 9.17) is 9.47 Å². The Morgan fingerprint density at radius 1 is 0.857 bits per heavy atom. The van der Waals surface area contributed by atoms with E-state index in [2.05, 4.69) is 51.1 Å². The molecule has 0 bridgehead atoms. The SMILES string of the molecule is CC.CCC(C)(C)Cc1ccccc1.COC(C)(C)OC. The van der Waals surface area contributed by atoms with Crippen LogP contribution in [-0.4, -0.2) is 20.0 Å². The van der Waals surface area contributed by atoms with E-state index in [1.807, 2.05) is 27.7 Å². The first-order chi connectivity index (χ1) is 9.76. The van der Waals surface area contributed by atoms with Crippen LogP contribution in [-0.2, 0) is 15.9 Å². The maximum absolute atomic E-state index is 4.86. The first-order valence-electron chi connectivity index (χ1n) is 7.90. The van der Waals surface area contributed by atoms with Crippen LogP contribution < -0.4 is 0 Å². The molecular weight excluding hydrogens is 260 g/mol. The molecule has 0 saturated carbocycles. The topological polar surface area (TPSA) is 18.5 Å². The average Bonchev–Trinajstić information content (AvgIpc) is 2.50. The molecule has 0 aliphatic rings. The summed E-state index contributed by atoms with van der Waals surface area (Å²) in [5.74, 6) is -0.417. The Morgan fingerprint density at radius 2 is 1.29 bits per heavy atom. The predicted molar refractivity (Wildman–Crippen MR) is 93.7 cm³/mol. The van der Waals surface area contributed by atoms with Crippen LogP contribution in [0.15, 0.2) is 30.3 Å². The van der Waals surface area contributed by atoms with Gasteiger partial charge in [0.05, 0.1) is 0 Å². The lowest BCUT2D eigenvalue weighted by atomic mass is 9.83. The van der Waals surface area contributed by atoms with E-state index in [1.165, 1.54) is 18.4 Å². The van der Waals surface area contributed by atoms with Crippen molar-refractivity contribution in [3.05, 3.63) is 35.9 Å². The quantitative estimate of drug-likeness (QED) is 0.648. The summed E-state index contributed by atoms with van der Waals surface area (Å²) in [5, 5.41) is 0.